The predicted octanol–water partition coefficient (Wildman–Crippen LogP) is 1.92. The fourth-order valence-corrected chi connectivity index (χ4v) is 3.05. The zero-order valence-corrected chi connectivity index (χ0v) is 16.1. The van der Waals surface area contributed by atoms with E-state index < -0.39 is 10.0 Å². The molecule has 1 N–H and O–H groups in total. The molecule has 2 aromatic carbocycles. The Hall–Kier alpha value is -2.95. The van der Waals surface area contributed by atoms with Crippen LogP contribution in [0.1, 0.15) is 33.2 Å². The lowest BCUT2D eigenvalue weighted by Gasteiger charge is -2.11. The molecule has 2 aromatic rings. The summed E-state index contributed by atoms with van der Waals surface area (Å²) in [5.74, 6) is 5.38. The molecule has 0 fully saturated rings. The first-order valence-electron chi connectivity index (χ1n) is 8.12. The minimum Gasteiger partial charge on any atom is -0.341 e. The summed E-state index contributed by atoms with van der Waals surface area (Å²) in [5, 5.41) is 2.65. The summed E-state index contributed by atoms with van der Waals surface area (Å²) in [7, 11) is -0.628. The maximum absolute atomic E-state index is 12.1. The van der Waals surface area contributed by atoms with Gasteiger partial charge < -0.3 is 5.32 Å². The van der Waals surface area contributed by atoms with Gasteiger partial charge in [0.1, 0.15) is 0 Å². The van der Waals surface area contributed by atoms with Crippen molar-refractivity contribution in [1.29, 1.82) is 0 Å². The Morgan fingerprint density at radius 2 is 1.52 bits per heavy atom. The number of benzene rings is 2. The highest BCUT2D eigenvalue weighted by molar-refractivity contribution is 7.89. The fourth-order valence-electron chi connectivity index (χ4n) is 2.15. The van der Waals surface area contributed by atoms with Gasteiger partial charge in [0.15, 0.2) is 5.78 Å². The molecule has 7 heteroatoms. The van der Waals surface area contributed by atoms with Gasteiger partial charge in [-0.15, -0.1) is 0 Å². The molecule has 0 atom stereocenters. The standard InChI is InChI=1S/C20H20N2O4S/c1-15(23)17-8-6-16(7-9-17)5-4-14-21-20(24)18-10-12-19(13-11-18)27(25,26)22(2)3/h6-13H,14H2,1-3H3,(H,21,24). The van der Waals surface area contributed by atoms with Crippen LogP contribution in [0.2, 0.25) is 0 Å². The molecule has 6 nitrogen and oxygen atoms in total. The average Bonchev–Trinajstić information content (AvgIpc) is 2.65. The number of hydrogen-bond acceptors (Lipinski definition) is 4. The normalized spacial score (nSPS) is 10.8. The van der Waals surface area contributed by atoms with Crippen LogP contribution < -0.4 is 5.32 Å². The van der Waals surface area contributed by atoms with Crippen LogP contribution >= 0.6 is 0 Å². The second kappa shape index (κ2) is 8.62. The Kier molecular flexibility index (Phi) is 6.50. The molecule has 0 bridgehead atoms. The third kappa shape index (κ3) is 5.26. The molecule has 27 heavy (non-hydrogen) atoms. The Morgan fingerprint density at radius 1 is 0.963 bits per heavy atom. The number of rotatable bonds is 5. The van der Waals surface area contributed by atoms with E-state index in [1.165, 1.54) is 45.3 Å². The van der Waals surface area contributed by atoms with Gasteiger partial charge in [0, 0.05) is 30.8 Å². The molecule has 0 radical (unpaired) electrons. The lowest BCUT2D eigenvalue weighted by Crippen LogP contribution is -2.24. The van der Waals surface area contributed by atoms with Crippen molar-refractivity contribution in [3.05, 3.63) is 65.2 Å². The maximum Gasteiger partial charge on any atom is 0.252 e. The van der Waals surface area contributed by atoms with Crippen LogP contribution in [0, 0.1) is 11.8 Å². The van der Waals surface area contributed by atoms with Gasteiger partial charge in [-0.2, -0.15) is 0 Å². The number of Topliss-reactive ketones (excluding diaryl/α,β-unsaturated/α-hetero) is 1. The van der Waals surface area contributed by atoms with Crippen molar-refractivity contribution in [3.8, 4) is 11.8 Å². The molecule has 0 aliphatic carbocycles. The molecule has 0 saturated heterocycles. The van der Waals surface area contributed by atoms with Gasteiger partial charge in [-0.3, -0.25) is 9.59 Å². The van der Waals surface area contributed by atoms with Crippen LogP contribution in [0.25, 0.3) is 0 Å². The molecular formula is C20H20N2O4S. The summed E-state index contributed by atoms with van der Waals surface area (Å²) < 4.78 is 25.1. The molecule has 0 heterocycles. The smallest absolute Gasteiger partial charge is 0.252 e. The average molecular weight is 384 g/mol. The van der Waals surface area contributed by atoms with Crippen molar-refractivity contribution >= 4 is 21.7 Å². The van der Waals surface area contributed by atoms with Crippen molar-refractivity contribution in [1.82, 2.24) is 9.62 Å². The zero-order valence-electron chi connectivity index (χ0n) is 15.3. The van der Waals surface area contributed by atoms with Crippen molar-refractivity contribution < 1.29 is 18.0 Å². The van der Waals surface area contributed by atoms with Crippen molar-refractivity contribution in [2.45, 2.75) is 11.8 Å². The summed E-state index contributed by atoms with van der Waals surface area (Å²) in [4.78, 5) is 23.4. The molecule has 0 spiro atoms. The van der Waals surface area contributed by atoms with Gasteiger partial charge in [0.25, 0.3) is 5.91 Å². The van der Waals surface area contributed by atoms with E-state index in [4.69, 9.17) is 0 Å². The summed E-state index contributed by atoms with van der Waals surface area (Å²) in [6, 6.07) is 12.6. The van der Waals surface area contributed by atoms with Crippen LogP contribution in [-0.2, 0) is 10.0 Å². The Bertz CT molecular complexity index is 997. The van der Waals surface area contributed by atoms with Crippen molar-refractivity contribution in [2.24, 2.45) is 0 Å². The van der Waals surface area contributed by atoms with Gasteiger partial charge in [0.05, 0.1) is 11.4 Å². The maximum atomic E-state index is 12.1. The molecule has 1 amide bonds. The molecule has 2 rings (SSSR count). The van der Waals surface area contributed by atoms with Gasteiger partial charge in [-0.25, -0.2) is 12.7 Å². The minimum atomic E-state index is -3.52. The van der Waals surface area contributed by atoms with E-state index in [2.05, 4.69) is 17.2 Å². The molecular weight excluding hydrogens is 364 g/mol. The van der Waals surface area contributed by atoms with Gasteiger partial charge in [-0.1, -0.05) is 24.0 Å². The van der Waals surface area contributed by atoms with Gasteiger partial charge >= 0.3 is 0 Å². The Labute approximate surface area is 159 Å². The highest BCUT2D eigenvalue weighted by Gasteiger charge is 2.17. The topological polar surface area (TPSA) is 83.5 Å². The molecule has 0 saturated carbocycles. The Balaban J connectivity index is 1.96. The molecule has 0 aliphatic heterocycles. The Morgan fingerprint density at radius 3 is 2.04 bits per heavy atom. The van der Waals surface area contributed by atoms with E-state index in [-0.39, 0.29) is 23.1 Å². The van der Waals surface area contributed by atoms with E-state index in [0.29, 0.717) is 11.1 Å². The minimum absolute atomic E-state index is 0.00817. The molecule has 140 valence electrons. The largest absolute Gasteiger partial charge is 0.341 e. The number of ketones is 1. The fraction of sp³-hybridized carbons (Fsp3) is 0.200. The highest BCUT2D eigenvalue weighted by atomic mass is 32.2. The van der Waals surface area contributed by atoms with E-state index in [0.717, 1.165) is 9.87 Å². The highest BCUT2D eigenvalue weighted by Crippen LogP contribution is 2.13. The monoisotopic (exact) mass is 384 g/mol. The summed E-state index contributed by atoms with van der Waals surface area (Å²) in [6.45, 7) is 1.64. The first-order chi connectivity index (χ1) is 12.7. The summed E-state index contributed by atoms with van der Waals surface area (Å²) in [6.07, 6.45) is 0. The number of sulfonamides is 1. The zero-order chi connectivity index (χ0) is 20.0. The lowest BCUT2D eigenvalue weighted by molar-refractivity contribution is 0.0957. The number of carbonyl (C=O) groups is 2. The van der Waals surface area contributed by atoms with Crippen LogP contribution in [0.4, 0.5) is 0 Å². The number of amides is 1. The quantitative estimate of drug-likeness (QED) is 0.631. The van der Waals surface area contributed by atoms with Crippen molar-refractivity contribution in [3.63, 3.8) is 0 Å². The van der Waals surface area contributed by atoms with Crippen LogP contribution in [0.3, 0.4) is 0 Å². The van der Waals surface area contributed by atoms with Crippen LogP contribution in [0.5, 0.6) is 0 Å². The van der Waals surface area contributed by atoms with E-state index >= 15 is 0 Å². The van der Waals surface area contributed by atoms with Gasteiger partial charge in [-0.05, 0) is 43.3 Å². The van der Waals surface area contributed by atoms with Crippen molar-refractivity contribution in [2.75, 3.05) is 20.6 Å². The molecule has 0 unspecified atom stereocenters. The van der Waals surface area contributed by atoms with E-state index in [1.807, 2.05) is 0 Å². The van der Waals surface area contributed by atoms with E-state index in [1.54, 1.807) is 24.3 Å². The number of carbonyl (C=O) groups excluding carboxylic acids is 2. The summed E-state index contributed by atoms with van der Waals surface area (Å²) in [5.41, 5.74) is 1.71. The summed E-state index contributed by atoms with van der Waals surface area (Å²) >= 11 is 0. The number of hydrogen-bond donors (Lipinski definition) is 1. The third-order valence-corrected chi connectivity index (χ3v) is 5.59. The predicted molar refractivity (Wildman–Crippen MR) is 103 cm³/mol. The lowest BCUT2D eigenvalue weighted by atomic mass is 10.1. The SMILES string of the molecule is CC(=O)c1ccc(C#CCNC(=O)c2ccc(S(=O)(=O)N(C)C)cc2)cc1. The first-order valence-corrected chi connectivity index (χ1v) is 9.56. The van der Waals surface area contributed by atoms with E-state index in [9.17, 15) is 18.0 Å². The molecule has 0 aromatic heterocycles. The molecule has 0 aliphatic rings. The second-order valence-corrected chi connectivity index (χ2v) is 8.08. The second-order valence-electron chi connectivity index (χ2n) is 5.93. The number of nitrogens with zero attached hydrogens (tertiary/aromatic N) is 1. The third-order valence-electron chi connectivity index (χ3n) is 3.76. The van der Waals surface area contributed by atoms with Crippen LogP contribution in [-0.4, -0.2) is 45.1 Å². The van der Waals surface area contributed by atoms with Crippen LogP contribution in [0.15, 0.2) is 53.4 Å². The van der Waals surface area contributed by atoms with Gasteiger partial charge in [0.2, 0.25) is 10.0 Å². The first kappa shape index (κ1) is 20.4. The number of nitrogens with one attached hydrogen (secondary N) is 1.